The lowest BCUT2D eigenvalue weighted by Gasteiger charge is -2.09. The fourth-order valence-corrected chi connectivity index (χ4v) is 3.88. The summed E-state index contributed by atoms with van der Waals surface area (Å²) >= 11 is 1.30. The highest BCUT2D eigenvalue weighted by Gasteiger charge is 2.19. The summed E-state index contributed by atoms with van der Waals surface area (Å²) in [4.78, 5) is 25.8. The van der Waals surface area contributed by atoms with Crippen molar-refractivity contribution in [2.45, 2.75) is 26.9 Å². The summed E-state index contributed by atoms with van der Waals surface area (Å²) in [6.45, 7) is 4.45. The molecule has 6 nitrogen and oxygen atoms in total. The third-order valence-electron chi connectivity index (χ3n) is 4.21. The third kappa shape index (κ3) is 2.57. The Hall–Kier alpha value is -2.74. The Bertz CT molecular complexity index is 1230. The van der Waals surface area contributed by atoms with Crippen LogP contribution in [0, 0.1) is 11.7 Å². The fraction of sp³-hybridized carbons (Fsp3) is 0.278. The Labute approximate surface area is 151 Å². The molecule has 0 spiro atoms. The summed E-state index contributed by atoms with van der Waals surface area (Å²) in [6.07, 6.45) is 0. The first-order valence-electron chi connectivity index (χ1n) is 8.30. The first-order valence-corrected chi connectivity index (χ1v) is 9.18. The van der Waals surface area contributed by atoms with Crippen molar-refractivity contribution in [3.8, 4) is 0 Å². The number of benzene rings is 1. The van der Waals surface area contributed by atoms with Crippen molar-refractivity contribution < 1.29 is 4.39 Å². The first-order chi connectivity index (χ1) is 12.5. The predicted octanol–water partition coefficient (Wildman–Crippen LogP) is 2.72. The molecule has 1 aromatic carbocycles. The van der Waals surface area contributed by atoms with Gasteiger partial charge in [0.15, 0.2) is 0 Å². The maximum atomic E-state index is 14.0. The SMILES string of the molecule is CC(C)Cn1c(=O)c2sccc2n2c(=O)n(Cc3ccccc3F)nc12. The molecule has 0 unspecified atom stereocenters. The van der Waals surface area contributed by atoms with Crippen LogP contribution in [0.2, 0.25) is 0 Å². The van der Waals surface area contributed by atoms with Crippen LogP contribution in [-0.4, -0.2) is 18.7 Å². The molecule has 3 aromatic heterocycles. The average molecular weight is 372 g/mol. The Morgan fingerprint density at radius 2 is 1.96 bits per heavy atom. The van der Waals surface area contributed by atoms with Gasteiger partial charge in [0, 0.05) is 12.1 Å². The van der Waals surface area contributed by atoms with Crippen LogP contribution in [0.4, 0.5) is 4.39 Å². The summed E-state index contributed by atoms with van der Waals surface area (Å²) in [5.74, 6) is 0.105. The van der Waals surface area contributed by atoms with Gasteiger partial charge in [0.05, 0.1) is 12.1 Å². The van der Waals surface area contributed by atoms with Gasteiger partial charge in [0.25, 0.3) is 5.56 Å². The third-order valence-corrected chi connectivity index (χ3v) is 5.11. The second-order valence-electron chi connectivity index (χ2n) is 6.61. The molecule has 0 amide bonds. The highest BCUT2D eigenvalue weighted by molar-refractivity contribution is 7.17. The molecule has 134 valence electrons. The van der Waals surface area contributed by atoms with Gasteiger partial charge in [-0.3, -0.25) is 9.36 Å². The summed E-state index contributed by atoms with van der Waals surface area (Å²) in [5.41, 5.74) is 0.375. The van der Waals surface area contributed by atoms with E-state index in [1.807, 2.05) is 13.8 Å². The maximum Gasteiger partial charge on any atom is 0.352 e. The molecule has 0 aliphatic heterocycles. The lowest BCUT2D eigenvalue weighted by Crippen LogP contribution is -2.27. The van der Waals surface area contributed by atoms with Gasteiger partial charge >= 0.3 is 5.69 Å². The number of nitrogens with zero attached hydrogens (tertiary/aromatic N) is 4. The van der Waals surface area contributed by atoms with Crippen molar-refractivity contribution in [1.82, 2.24) is 18.7 Å². The number of halogens is 1. The van der Waals surface area contributed by atoms with Crippen LogP contribution in [0.5, 0.6) is 0 Å². The van der Waals surface area contributed by atoms with Crippen molar-refractivity contribution in [3.63, 3.8) is 0 Å². The van der Waals surface area contributed by atoms with Crippen molar-refractivity contribution in [2.24, 2.45) is 5.92 Å². The van der Waals surface area contributed by atoms with E-state index in [4.69, 9.17) is 0 Å². The van der Waals surface area contributed by atoms with Crippen LogP contribution in [0.25, 0.3) is 16.0 Å². The fourth-order valence-electron chi connectivity index (χ4n) is 3.05. The smallest absolute Gasteiger partial charge is 0.275 e. The van der Waals surface area contributed by atoms with Gasteiger partial charge in [0.1, 0.15) is 10.5 Å². The van der Waals surface area contributed by atoms with E-state index in [0.29, 0.717) is 22.3 Å². The number of hydrogen-bond acceptors (Lipinski definition) is 4. The van der Waals surface area contributed by atoms with E-state index in [1.54, 1.807) is 29.6 Å². The monoisotopic (exact) mass is 372 g/mol. The minimum Gasteiger partial charge on any atom is -0.275 e. The molecule has 0 aliphatic carbocycles. The van der Waals surface area contributed by atoms with Crippen LogP contribution in [0.15, 0.2) is 45.3 Å². The van der Waals surface area contributed by atoms with Gasteiger partial charge in [-0.1, -0.05) is 32.0 Å². The van der Waals surface area contributed by atoms with E-state index in [2.05, 4.69) is 5.10 Å². The molecule has 0 N–H and O–H groups in total. The number of aromatic nitrogens is 4. The standard InChI is InChI=1S/C18H17FN4O2S/c1-11(2)9-21-16(24)15-14(7-8-26-15)23-17(21)20-22(18(23)25)10-12-5-3-4-6-13(12)19/h3-8,11H,9-10H2,1-2H3. The maximum absolute atomic E-state index is 14.0. The summed E-state index contributed by atoms with van der Waals surface area (Å²) < 4.78 is 18.7. The zero-order valence-electron chi connectivity index (χ0n) is 14.3. The van der Waals surface area contributed by atoms with E-state index in [0.717, 1.165) is 0 Å². The second-order valence-corrected chi connectivity index (χ2v) is 7.53. The van der Waals surface area contributed by atoms with Crippen LogP contribution in [0.1, 0.15) is 19.4 Å². The molecule has 0 fully saturated rings. The molecule has 0 atom stereocenters. The zero-order chi connectivity index (χ0) is 18.4. The summed E-state index contributed by atoms with van der Waals surface area (Å²) in [5, 5.41) is 6.14. The normalized spacial score (nSPS) is 11.8. The molecule has 0 aliphatic rings. The van der Waals surface area contributed by atoms with Crippen molar-refractivity contribution in [2.75, 3.05) is 0 Å². The Morgan fingerprint density at radius 1 is 1.19 bits per heavy atom. The number of rotatable bonds is 4. The van der Waals surface area contributed by atoms with Gasteiger partial charge in [-0.25, -0.2) is 18.3 Å². The summed E-state index contributed by atoms with van der Waals surface area (Å²) in [6, 6.07) is 8.02. The Balaban J connectivity index is 2.00. The molecular formula is C18H17FN4O2S. The van der Waals surface area contributed by atoms with Crippen molar-refractivity contribution in [1.29, 1.82) is 0 Å². The van der Waals surface area contributed by atoms with E-state index >= 15 is 0 Å². The van der Waals surface area contributed by atoms with E-state index in [1.165, 1.54) is 31.1 Å². The molecule has 4 aromatic rings. The largest absolute Gasteiger partial charge is 0.352 e. The van der Waals surface area contributed by atoms with Crippen LogP contribution >= 0.6 is 11.3 Å². The van der Waals surface area contributed by atoms with Crippen LogP contribution in [-0.2, 0) is 13.1 Å². The molecule has 0 saturated carbocycles. The molecule has 0 bridgehead atoms. The van der Waals surface area contributed by atoms with Crippen molar-refractivity contribution in [3.05, 3.63) is 67.9 Å². The lowest BCUT2D eigenvalue weighted by molar-refractivity contribution is 0.516. The topological polar surface area (TPSA) is 61.3 Å². The number of thiophene rings is 1. The minimum absolute atomic E-state index is 0.00862. The molecule has 8 heteroatoms. The highest BCUT2D eigenvalue weighted by atomic mass is 32.1. The number of hydrogen-bond donors (Lipinski definition) is 0. The van der Waals surface area contributed by atoms with Gasteiger partial charge in [0.2, 0.25) is 5.78 Å². The molecule has 0 saturated heterocycles. The first kappa shape index (κ1) is 16.7. The number of fused-ring (bicyclic) bond motifs is 3. The van der Waals surface area contributed by atoms with Gasteiger partial charge in [-0.15, -0.1) is 16.4 Å². The van der Waals surface area contributed by atoms with Gasteiger partial charge in [-0.2, -0.15) is 0 Å². The zero-order valence-corrected chi connectivity index (χ0v) is 15.2. The van der Waals surface area contributed by atoms with E-state index < -0.39 is 5.82 Å². The molecule has 26 heavy (non-hydrogen) atoms. The minimum atomic E-state index is -0.392. The lowest BCUT2D eigenvalue weighted by atomic mass is 10.2. The Kier molecular flexibility index (Phi) is 3.99. The molecule has 4 rings (SSSR count). The van der Waals surface area contributed by atoms with Crippen molar-refractivity contribution >= 4 is 27.3 Å². The Morgan fingerprint density at radius 3 is 2.69 bits per heavy atom. The van der Waals surface area contributed by atoms with E-state index in [9.17, 15) is 14.0 Å². The van der Waals surface area contributed by atoms with Gasteiger partial charge < -0.3 is 0 Å². The van der Waals surface area contributed by atoms with Crippen LogP contribution < -0.4 is 11.2 Å². The van der Waals surface area contributed by atoms with Crippen LogP contribution in [0.3, 0.4) is 0 Å². The highest BCUT2D eigenvalue weighted by Crippen LogP contribution is 2.18. The van der Waals surface area contributed by atoms with Gasteiger partial charge in [-0.05, 0) is 23.4 Å². The average Bonchev–Trinajstić information content (AvgIpc) is 3.19. The predicted molar refractivity (Wildman–Crippen MR) is 99.4 cm³/mol. The molecule has 3 heterocycles. The molecular weight excluding hydrogens is 355 g/mol. The quantitative estimate of drug-likeness (QED) is 0.553. The van der Waals surface area contributed by atoms with E-state index in [-0.39, 0.29) is 29.5 Å². The molecule has 0 radical (unpaired) electrons. The summed E-state index contributed by atoms with van der Waals surface area (Å²) in [7, 11) is 0. The second kappa shape index (κ2) is 6.21.